The van der Waals surface area contributed by atoms with Crippen molar-refractivity contribution in [1.82, 2.24) is 4.90 Å². The van der Waals surface area contributed by atoms with Gasteiger partial charge >= 0.3 is 0 Å². The maximum atomic E-state index is 12.0. The van der Waals surface area contributed by atoms with E-state index in [0.29, 0.717) is 31.7 Å². The third-order valence-corrected chi connectivity index (χ3v) is 6.84. The lowest BCUT2D eigenvalue weighted by molar-refractivity contribution is -0.135. The Hall–Kier alpha value is -1.79. The second-order valence-electron chi connectivity index (χ2n) is 9.37. The summed E-state index contributed by atoms with van der Waals surface area (Å²) >= 11 is 0. The van der Waals surface area contributed by atoms with Crippen LogP contribution < -0.4 is 9.64 Å². The molecule has 29 heavy (non-hydrogen) atoms. The van der Waals surface area contributed by atoms with Crippen LogP contribution in [0.2, 0.25) is 0 Å². The highest BCUT2D eigenvalue weighted by Crippen LogP contribution is 2.45. The van der Waals surface area contributed by atoms with E-state index in [1.807, 2.05) is 43.0 Å². The van der Waals surface area contributed by atoms with Gasteiger partial charge in [0, 0.05) is 37.7 Å². The molecule has 0 radical (unpaired) electrons. The first kappa shape index (κ1) is 20.5. The van der Waals surface area contributed by atoms with Crippen LogP contribution in [0.25, 0.3) is 0 Å². The van der Waals surface area contributed by atoms with E-state index in [1.165, 1.54) is 0 Å². The lowest BCUT2D eigenvalue weighted by atomic mass is 9.67. The number of amides is 1. The van der Waals surface area contributed by atoms with E-state index in [0.717, 1.165) is 43.8 Å². The van der Waals surface area contributed by atoms with Gasteiger partial charge in [-0.1, -0.05) is 0 Å². The van der Waals surface area contributed by atoms with Crippen molar-refractivity contribution >= 4 is 11.6 Å². The Kier molecular flexibility index (Phi) is 5.76. The third kappa shape index (κ3) is 4.38. The Balaban J connectivity index is 1.44. The summed E-state index contributed by atoms with van der Waals surface area (Å²) in [6, 6.07) is 7.90. The molecule has 3 aliphatic rings. The van der Waals surface area contributed by atoms with Crippen molar-refractivity contribution in [1.29, 1.82) is 0 Å². The zero-order chi connectivity index (χ0) is 20.6. The van der Waals surface area contributed by atoms with Crippen molar-refractivity contribution in [2.45, 2.75) is 70.3 Å². The summed E-state index contributed by atoms with van der Waals surface area (Å²) in [7, 11) is 0. The van der Waals surface area contributed by atoms with Gasteiger partial charge in [0.2, 0.25) is 5.91 Å². The summed E-state index contributed by atoms with van der Waals surface area (Å²) in [5.41, 5.74) is 0.0935. The summed E-state index contributed by atoms with van der Waals surface area (Å²) in [5, 5.41) is 22.4. The van der Waals surface area contributed by atoms with E-state index in [1.54, 1.807) is 4.90 Å². The second-order valence-corrected chi connectivity index (χ2v) is 9.37. The number of aliphatic hydroxyl groups excluding tert-OH is 1. The third-order valence-electron chi connectivity index (χ3n) is 6.84. The highest BCUT2D eigenvalue weighted by atomic mass is 16.5. The summed E-state index contributed by atoms with van der Waals surface area (Å²) in [6.45, 7) is 5.97. The largest absolute Gasteiger partial charge is 0.491 e. The standard InChI is InChI=1S/C23H34N2O4/c1-16(2)29-19-7-5-18(6-8-19)25-13-10-17-9-11-23(28,14-20(17)22(25)27)15-24-12-3-4-21(24)26/h5-8,16-17,20,22,27-28H,3-4,9-15H2,1-2H3. The van der Waals surface area contributed by atoms with Crippen LogP contribution in [0.4, 0.5) is 5.69 Å². The van der Waals surface area contributed by atoms with Gasteiger partial charge < -0.3 is 24.7 Å². The van der Waals surface area contributed by atoms with Gasteiger partial charge in [-0.05, 0) is 76.1 Å². The number of piperidine rings is 1. The molecule has 2 aliphatic heterocycles. The van der Waals surface area contributed by atoms with Gasteiger partial charge in [0.25, 0.3) is 0 Å². The Morgan fingerprint density at radius 1 is 1.21 bits per heavy atom. The molecule has 0 bridgehead atoms. The topological polar surface area (TPSA) is 73.2 Å². The Bertz CT molecular complexity index is 722. The number of hydrogen-bond acceptors (Lipinski definition) is 5. The first-order valence-electron chi connectivity index (χ1n) is 11.1. The number of hydrogen-bond donors (Lipinski definition) is 2. The van der Waals surface area contributed by atoms with Gasteiger partial charge in [0.1, 0.15) is 12.0 Å². The van der Waals surface area contributed by atoms with Crippen molar-refractivity contribution < 1.29 is 19.7 Å². The summed E-state index contributed by atoms with van der Waals surface area (Å²) < 4.78 is 5.72. The fraction of sp³-hybridized carbons (Fsp3) is 0.696. The zero-order valence-corrected chi connectivity index (χ0v) is 17.6. The quantitative estimate of drug-likeness (QED) is 0.792. The molecule has 0 spiro atoms. The minimum atomic E-state index is -0.889. The number of carbonyl (C=O) groups is 1. The van der Waals surface area contributed by atoms with Gasteiger partial charge in [-0.2, -0.15) is 0 Å². The molecule has 0 aromatic heterocycles. The maximum Gasteiger partial charge on any atom is 0.222 e. The fourth-order valence-corrected chi connectivity index (χ4v) is 5.39. The molecule has 6 heteroatoms. The average Bonchev–Trinajstić information content (AvgIpc) is 3.07. The molecule has 4 unspecified atom stereocenters. The molecule has 3 fully saturated rings. The summed E-state index contributed by atoms with van der Waals surface area (Å²) in [6.07, 6.45) is 4.18. The van der Waals surface area contributed by atoms with Crippen molar-refractivity contribution in [3.63, 3.8) is 0 Å². The van der Waals surface area contributed by atoms with Crippen LogP contribution in [0, 0.1) is 11.8 Å². The molecular weight excluding hydrogens is 368 g/mol. The molecule has 160 valence electrons. The molecule has 1 aromatic carbocycles. The molecule has 1 saturated carbocycles. The van der Waals surface area contributed by atoms with E-state index in [9.17, 15) is 15.0 Å². The minimum absolute atomic E-state index is 0.0202. The molecule has 2 heterocycles. The van der Waals surface area contributed by atoms with E-state index in [-0.39, 0.29) is 17.9 Å². The zero-order valence-electron chi connectivity index (χ0n) is 17.6. The van der Waals surface area contributed by atoms with Crippen LogP contribution in [0.5, 0.6) is 5.75 Å². The molecule has 6 nitrogen and oxygen atoms in total. The summed E-state index contributed by atoms with van der Waals surface area (Å²) in [4.78, 5) is 15.9. The SMILES string of the molecule is CC(C)Oc1ccc(N2CCC3CCC(O)(CN4CCCC4=O)CC3C2O)cc1. The first-order valence-corrected chi connectivity index (χ1v) is 11.1. The molecule has 4 atom stereocenters. The van der Waals surface area contributed by atoms with E-state index >= 15 is 0 Å². The normalized spacial score (nSPS) is 32.6. The van der Waals surface area contributed by atoms with Crippen LogP contribution in [0.1, 0.15) is 52.4 Å². The highest BCUT2D eigenvalue weighted by Gasteiger charge is 2.47. The number of nitrogens with zero attached hydrogens (tertiary/aromatic N) is 2. The lowest BCUT2D eigenvalue weighted by Gasteiger charge is -2.50. The van der Waals surface area contributed by atoms with Crippen molar-refractivity contribution in [2.75, 3.05) is 24.5 Å². The number of likely N-dealkylation sites (tertiary alicyclic amines) is 1. The van der Waals surface area contributed by atoms with Crippen LogP contribution in [0.3, 0.4) is 0 Å². The Labute approximate surface area is 173 Å². The fourth-order valence-electron chi connectivity index (χ4n) is 5.39. The van der Waals surface area contributed by atoms with E-state index < -0.39 is 11.8 Å². The smallest absolute Gasteiger partial charge is 0.222 e. The number of carbonyl (C=O) groups excluding carboxylic acids is 1. The van der Waals surface area contributed by atoms with Crippen LogP contribution in [0.15, 0.2) is 24.3 Å². The molecule has 1 amide bonds. The number of anilines is 1. The van der Waals surface area contributed by atoms with Gasteiger partial charge in [-0.3, -0.25) is 4.79 Å². The van der Waals surface area contributed by atoms with Gasteiger partial charge in [-0.15, -0.1) is 0 Å². The predicted molar refractivity (Wildman–Crippen MR) is 112 cm³/mol. The molecular formula is C23H34N2O4. The number of β-amino-alcohol motifs (C(OH)–C–C–N with tert-alkyl or cyclic N) is 1. The van der Waals surface area contributed by atoms with Crippen molar-refractivity contribution in [3.8, 4) is 5.75 Å². The monoisotopic (exact) mass is 402 g/mol. The Morgan fingerprint density at radius 2 is 1.97 bits per heavy atom. The van der Waals surface area contributed by atoms with E-state index in [4.69, 9.17) is 4.74 Å². The van der Waals surface area contributed by atoms with E-state index in [2.05, 4.69) is 0 Å². The van der Waals surface area contributed by atoms with Gasteiger partial charge in [0.15, 0.2) is 0 Å². The molecule has 2 N–H and O–H groups in total. The average molecular weight is 403 g/mol. The molecule has 2 saturated heterocycles. The number of fused-ring (bicyclic) bond motifs is 1. The lowest BCUT2D eigenvalue weighted by Crippen LogP contribution is -2.56. The van der Waals surface area contributed by atoms with Gasteiger partial charge in [-0.25, -0.2) is 0 Å². The first-order chi connectivity index (χ1) is 13.8. The number of ether oxygens (including phenoxy) is 1. The predicted octanol–water partition coefficient (Wildman–Crippen LogP) is 2.77. The Morgan fingerprint density at radius 3 is 2.62 bits per heavy atom. The van der Waals surface area contributed by atoms with Crippen LogP contribution in [-0.2, 0) is 4.79 Å². The molecule has 1 aromatic rings. The van der Waals surface area contributed by atoms with Crippen LogP contribution >= 0.6 is 0 Å². The number of aliphatic hydroxyl groups is 2. The molecule has 1 aliphatic carbocycles. The van der Waals surface area contributed by atoms with Crippen molar-refractivity contribution in [3.05, 3.63) is 24.3 Å². The second kappa shape index (κ2) is 8.15. The highest BCUT2D eigenvalue weighted by molar-refractivity contribution is 5.78. The van der Waals surface area contributed by atoms with Crippen molar-refractivity contribution in [2.24, 2.45) is 11.8 Å². The maximum absolute atomic E-state index is 12.0. The van der Waals surface area contributed by atoms with Gasteiger partial charge in [0.05, 0.1) is 11.7 Å². The number of benzene rings is 1. The number of rotatable bonds is 5. The summed E-state index contributed by atoms with van der Waals surface area (Å²) in [5.74, 6) is 1.43. The molecule has 4 rings (SSSR count). The minimum Gasteiger partial charge on any atom is -0.491 e. The van der Waals surface area contributed by atoms with Crippen LogP contribution in [-0.4, -0.2) is 58.6 Å².